The molecule has 38 heavy (non-hydrogen) atoms. The highest BCUT2D eigenvalue weighted by Crippen LogP contribution is 2.33. The van der Waals surface area contributed by atoms with Gasteiger partial charge in [0.2, 0.25) is 0 Å². The van der Waals surface area contributed by atoms with E-state index in [1.807, 2.05) is 36.4 Å². The Labute approximate surface area is 222 Å². The van der Waals surface area contributed by atoms with E-state index in [0.717, 1.165) is 16.7 Å². The number of esters is 3. The highest BCUT2D eigenvalue weighted by molar-refractivity contribution is 5.91. The standard InChI is InChI=1S/C32H28O6/c1-20(2)30(33)36-26-14-9-23(10-15-26)7-8-24-11-18-28(29(19-24)38-32(35)22(5)6)25-12-16-27(17-13-25)37-31(34)21(3)4/h7-19H,1,3,5H2,2,4,6H3/b8-7+. The molecule has 0 bridgehead atoms. The molecule has 3 aromatic carbocycles. The molecule has 6 nitrogen and oxygen atoms in total. The van der Waals surface area contributed by atoms with Crippen molar-refractivity contribution in [3.05, 3.63) is 114 Å². The van der Waals surface area contributed by atoms with Gasteiger partial charge in [0.25, 0.3) is 0 Å². The number of carbonyl (C=O) groups is 3. The van der Waals surface area contributed by atoms with Crippen molar-refractivity contribution in [2.24, 2.45) is 0 Å². The minimum absolute atomic E-state index is 0.270. The van der Waals surface area contributed by atoms with Gasteiger partial charge >= 0.3 is 17.9 Å². The minimum atomic E-state index is -0.542. The Hall–Kier alpha value is -4.97. The lowest BCUT2D eigenvalue weighted by Crippen LogP contribution is -2.09. The zero-order valence-electron chi connectivity index (χ0n) is 21.6. The molecule has 0 N–H and O–H groups in total. The van der Waals surface area contributed by atoms with Crippen LogP contribution >= 0.6 is 0 Å². The van der Waals surface area contributed by atoms with E-state index in [-0.39, 0.29) is 5.57 Å². The number of hydrogen-bond acceptors (Lipinski definition) is 6. The van der Waals surface area contributed by atoms with E-state index in [1.54, 1.807) is 63.2 Å². The molecule has 0 atom stereocenters. The summed E-state index contributed by atoms with van der Waals surface area (Å²) in [6.07, 6.45) is 3.76. The van der Waals surface area contributed by atoms with Crippen LogP contribution in [-0.4, -0.2) is 17.9 Å². The summed E-state index contributed by atoms with van der Waals surface area (Å²) in [5, 5.41) is 0. The van der Waals surface area contributed by atoms with E-state index in [9.17, 15) is 14.4 Å². The summed E-state index contributed by atoms with van der Waals surface area (Å²) in [7, 11) is 0. The van der Waals surface area contributed by atoms with Crippen molar-refractivity contribution in [3.8, 4) is 28.4 Å². The lowest BCUT2D eigenvalue weighted by molar-refractivity contribution is -0.130. The second kappa shape index (κ2) is 12.3. The van der Waals surface area contributed by atoms with Crippen LogP contribution < -0.4 is 14.2 Å². The van der Waals surface area contributed by atoms with Gasteiger partial charge < -0.3 is 14.2 Å². The van der Waals surface area contributed by atoms with Gasteiger partial charge in [-0.3, -0.25) is 0 Å². The van der Waals surface area contributed by atoms with Crippen LogP contribution in [0.15, 0.2) is 103 Å². The van der Waals surface area contributed by atoms with Crippen molar-refractivity contribution < 1.29 is 28.6 Å². The van der Waals surface area contributed by atoms with Crippen LogP contribution in [0.3, 0.4) is 0 Å². The van der Waals surface area contributed by atoms with Gasteiger partial charge in [-0.1, -0.05) is 68.3 Å². The Morgan fingerprint density at radius 2 is 1.00 bits per heavy atom. The summed E-state index contributed by atoms with van der Waals surface area (Å²) in [4.78, 5) is 35.8. The molecule has 0 amide bonds. The van der Waals surface area contributed by atoms with E-state index in [4.69, 9.17) is 14.2 Å². The van der Waals surface area contributed by atoms with Crippen molar-refractivity contribution >= 4 is 30.1 Å². The van der Waals surface area contributed by atoms with Crippen LogP contribution in [0.5, 0.6) is 17.2 Å². The van der Waals surface area contributed by atoms with E-state index in [1.165, 1.54) is 0 Å². The lowest BCUT2D eigenvalue weighted by Gasteiger charge is -2.12. The third kappa shape index (κ3) is 7.51. The molecule has 192 valence electrons. The predicted octanol–water partition coefficient (Wildman–Crippen LogP) is 6.97. The van der Waals surface area contributed by atoms with E-state index in [0.29, 0.717) is 34.0 Å². The fraction of sp³-hybridized carbons (Fsp3) is 0.0938. The van der Waals surface area contributed by atoms with Crippen molar-refractivity contribution in [2.75, 3.05) is 0 Å². The van der Waals surface area contributed by atoms with Crippen LogP contribution in [0, 0.1) is 0 Å². The minimum Gasteiger partial charge on any atom is -0.423 e. The van der Waals surface area contributed by atoms with E-state index < -0.39 is 17.9 Å². The SMILES string of the molecule is C=C(C)C(=O)Oc1ccc(/C=C/c2ccc(-c3ccc(OC(=O)C(=C)C)cc3)c(OC(=O)C(=C)C)c2)cc1. The third-order valence-electron chi connectivity index (χ3n) is 5.19. The molecule has 0 fully saturated rings. The maximum absolute atomic E-state index is 12.3. The summed E-state index contributed by atoms with van der Waals surface area (Å²) >= 11 is 0. The first-order valence-corrected chi connectivity index (χ1v) is 11.7. The summed E-state index contributed by atoms with van der Waals surface area (Å²) in [6.45, 7) is 15.5. The van der Waals surface area contributed by atoms with Crippen LogP contribution in [0.2, 0.25) is 0 Å². The monoisotopic (exact) mass is 508 g/mol. The fourth-order valence-electron chi connectivity index (χ4n) is 3.08. The van der Waals surface area contributed by atoms with Crippen molar-refractivity contribution in [1.82, 2.24) is 0 Å². The molecular formula is C32H28O6. The predicted molar refractivity (Wildman–Crippen MR) is 149 cm³/mol. The van der Waals surface area contributed by atoms with Crippen LogP contribution in [-0.2, 0) is 14.4 Å². The Bertz CT molecular complexity index is 1440. The third-order valence-corrected chi connectivity index (χ3v) is 5.19. The first-order valence-electron chi connectivity index (χ1n) is 11.7. The van der Waals surface area contributed by atoms with Crippen LogP contribution in [0.25, 0.3) is 23.3 Å². The zero-order valence-corrected chi connectivity index (χ0v) is 21.6. The van der Waals surface area contributed by atoms with Gasteiger partial charge in [-0.2, -0.15) is 0 Å². The molecule has 0 saturated carbocycles. The molecule has 3 rings (SSSR count). The summed E-state index contributed by atoms with van der Waals surface area (Å²) in [5.74, 6) is -0.371. The first kappa shape index (κ1) is 27.6. The molecule has 0 aliphatic rings. The normalized spacial score (nSPS) is 10.5. The highest BCUT2D eigenvalue weighted by atomic mass is 16.5. The Kier molecular flexibility index (Phi) is 8.95. The molecule has 0 radical (unpaired) electrons. The Balaban J connectivity index is 1.85. The summed E-state index contributed by atoms with van der Waals surface area (Å²) < 4.78 is 16.1. The molecule has 6 heteroatoms. The quantitative estimate of drug-likeness (QED) is 0.134. The Morgan fingerprint density at radius 3 is 1.50 bits per heavy atom. The van der Waals surface area contributed by atoms with Crippen LogP contribution in [0.4, 0.5) is 0 Å². The van der Waals surface area contributed by atoms with Gasteiger partial charge in [-0.25, -0.2) is 14.4 Å². The smallest absolute Gasteiger partial charge is 0.338 e. The molecule has 0 aliphatic carbocycles. The van der Waals surface area contributed by atoms with Gasteiger partial charge in [0, 0.05) is 22.3 Å². The summed E-state index contributed by atoms with van der Waals surface area (Å²) in [5.41, 5.74) is 4.01. The molecule has 0 saturated heterocycles. The van der Waals surface area contributed by atoms with Gasteiger partial charge in [0.15, 0.2) is 0 Å². The van der Waals surface area contributed by atoms with Gasteiger partial charge in [0.05, 0.1) is 0 Å². The largest absolute Gasteiger partial charge is 0.423 e. The maximum atomic E-state index is 12.3. The second-order valence-corrected chi connectivity index (χ2v) is 8.69. The molecule has 0 aromatic heterocycles. The average molecular weight is 509 g/mol. The zero-order chi connectivity index (χ0) is 27.8. The maximum Gasteiger partial charge on any atom is 0.338 e. The summed E-state index contributed by atoms with van der Waals surface area (Å²) in [6, 6.07) is 19.4. The molecule has 0 unspecified atom stereocenters. The molecular weight excluding hydrogens is 480 g/mol. The number of ether oxygens (including phenoxy) is 3. The number of rotatable bonds is 9. The van der Waals surface area contributed by atoms with Gasteiger partial charge in [0.1, 0.15) is 17.2 Å². The Morgan fingerprint density at radius 1 is 0.579 bits per heavy atom. The van der Waals surface area contributed by atoms with Gasteiger partial charge in [-0.05, 0) is 67.8 Å². The fourth-order valence-corrected chi connectivity index (χ4v) is 3.08. The molecule has 0 spiro atoms. The average Bonchev–Trinajstić information content (AvgIpc) is 2.88. The van der Waals surface area contributed by atoms with E-state index in [2.05, 4.69) is 19.7 Å². The van der Waals surface area contributed by atoms with Crippen LogP contribution in [0.1, 0.15) is 31.9 Å². The van der Waals surface area contributed by atoms with Crippen molar-refractivity contribution in [2.45, 2.75) is 20.8 Å². The topological polar surface area (TPSA) is 78.9 Å². The van der Waals surface area contributed by atoms with Crippen molar-refractivity contribution in [3.63, 3.8) is 0 Å². The number of benzene rings is 3. The second-order valence-electron chi connectivity index (χ2n) is 8.69. The lowest BCUT2D eigenvalue weighted by atomic mass is 10.0. The number of hydrogen-bond donors (Lipinski definition) is 0. The van der Waals surface area contributed by atoms with Gasteiger partial charge in [-0.15, -0.1) is 0 Å². The van der Waals surface area contributed by atoms with E-state index >= 15 is 0 Å². The highest BCUT2D eigenvalue weighted by Gasteiger charge is 2.13. The van der Waals surface area contributed by atoms with Crippen molar-refractivity contribution in [1.29, 1.82) is 0 Å². The molecule has 0 aliphatic heterocycles. The molecule has 0 heterocycles. The number of carbonyl (C=O) groups excluding carboxylic acids is 3. The first-order chi connectivity index (χ1) is 18.0. The molecule has 3 aromatic rings.